The fraction of sp³-hybridized carbons (Fsp3) is 0.583. The maximum Gasteiger partial charge on any atom is 0.306 e. The zero-order chi connectivity index (χ0) is 12.7. The highest BCUT2D eigenvalue weighted by Crippen LogP contribution is 2.11. The normalized spacial score (nSPS) is 10.2. The van der Waals surface area contributed by atoms with E-state index in [2.05, 4.69) is 16.9 Å². The molecule has 17 heavy (non-hydrogen) atoms. The molecule has 5 heteroatoms. The standard InChI is InChI=1S/C12H18N2O3/c1-3-5-9-8-11(14-10(4-2)13-9)17-7-6-12(15)16/h8H,3-7H2,1-2H3,(H,15,16). The Morgan fingerprint density at radius 1 is 1.41 bits per heavy atom. The van der Waals surface area contributed by atoms with E-state index in [0.29, 0.717) is 5.88 Å². The van der Waals surface area contributed by atoms with E-state index in [4.69, 9.17) is 9.84 Å². The molecule has 1 aromatic rings. The van der Waals surface area contributed by atoms with Crippen molar-refractivity contribution in [2.24, 2.45) is 0 Å². The predicted octanol–water partition coefficient (Wildman–Crippen LogP) is 1.84. The van der Waals surface area contributed by atoms with Gasteiger partial charge in [0.15, 0.2) is 0 Å². The predicted molar refractivity (Wildman–Crippen MR) is 63.2 cm³/mol. The summed E-state index contributed by atoms with van der Waals surface area (Å²) in [5.74, 6) is 0.339. The number of carboxylic acid groups (broad SMARTS) is 1. The van der Waals surface area contributed by atoms with Crippen molar-refractivity contribution in [1.82, 2.24) is 9.97 Å². The zero-order valence-corrected chi connectivity index (χ0v) is 10.3. The van der Waals surface area contributed by atoms with Crippen molar-refractivity contribution >= 4 is 5.97 Å². The van der Waals surface area contributed by atoms with Gasteiger partial charge in [-0.3, -0.25) is 4.79 Å². The molecule has 0 aliphatic heterocycles. The second-order valence-corrected chi connectivity index (χ2v) is 3.71. The van der Waals surface area contributed by atoms with Crippen molar-refractivity contribution in [3.8, 4) is 5.88 Å². The molecule has 0 bridgehead atoms. The maximum atomic E-state index is 10.4. The molecule has 1 rings (SSSR count). The molecule has 0 saturated heterocycles. The zero-order valence-electron chi connectivity index (χ0n) is 10.3. The highest BCUT2D eigenvalue weighted by atomic mass is 16.5. The van der Waals surface area contributed by atoms with Gasteiger partial charge in [0.05, 0.1) is 6.42 Å². The van der Waals surface area contributed by atoms with Crippen LogP contribution in [0.15, 0.2) is 6.07 Å². The van der Waals surface area contributed by atoms with Crippen LogP contribution in [-0.2, 0) is 17.6 Å². The van der Waals surface area contributed by atoms with Crippen molar-refractivity contribution < 1.29 is 14.6 Å². The van der Waals surface area contributed by atoms with Gasteiger partial charge in [-0.05, 0) is 6.42 Å². The van der Waals surface area contributed by atoms with Gasteiger partial charge in [0.1, 0.15) is 12.4 Å². The number of carboxylic acids is 1. The molecule has 1 heterocycles. The molecule has 0 aliphatic rings. The maximum absolute atomic E-state index is 10.4. The van der Waals surface area contributed by atoms with Gasteiger partial charge in [0.25, 0.3) is 0 Å². The molecule has 5 nitrogen and oxygen atoms in total. The average Bonchev–Trinajstić information content (AvgIpc) is 2.28. The molecular formula is C12H18N2O3. The van der Waals surface area contributed by atoms with Gasteiger partial charge >= 0.3 is 5.97 Å². The molecule has 0 aromatic carbocycles. The molecule has 0 atom stereocenters. The lowest BCUT2D eigenvalue weighted by Gasteiger charge is -2.07. The number of aromatic nitrogens is 2. The first-order chi connectivity index (χ1) is 8.15. The number of ether oxygens (including phenoxy) is 1. The Bertz CT molecular complexity index is 380. The fourth-order valence-electron chi connectivity index (χ4n) is 1.38. The summed E-state index contributed by atoms with van der Waals surface area (Å²) in [6.07, 6.45) is 2.61. The summed E-state index contributed by atoms with van der Waals surface area (Å²) >= 11 is 0. The Labute approximate surface area is 101 Å². The topological polar surface area (TPSA) is 72.3 Å². The summed E-state index contributed by atoms with van der Waals surface area (Å²) < 4.78 is 5.31. The summed E-state index contributed by atoms with van der Waals surface area (Å²) in [6.45, 7) is 4.20. The highest BCUT2D eigenvalue weighted by Gasteiger charge is 2.05. The number of aliphatic carboxylic acids is 1. The third-order valence-corrected chi connectivity index (χ3v) is 2.19. The van der Waals surface area contributed by atoms with Crippen molar-refractivity contribution in [3.05, 3.63) is 17.6 Å². The number of aryl methyl sites for hydroxylation is 2. The minimum absolute atomic E-state index is 0.0193. The van der Waals surface area contributed by atoms with Gasteiger partial charge in [0, 0.05) is 18.2 Å². The van der Waals surface area contributed by atoms with Crippen LogP contribution in [0.5, 0.6) is 5.88 Å². The van der Waals surface area contributed by atoms with Gasteiger partial charge in [0.2, 0.25) is 5.88 Å². The summed E-state index contributed by atoms with van der Waals surface area (Å²) in [5.41, 5.74) is 0.949. The Balaban J connectivity index is 2.69. The molecule has 1 aromatic heterocycles. The van der Waals surface area contributed by atoms with Crippen molar-refractivity contribution in [1.29, 1.82) is 0 Å². The SMILES string of the molecule is CCCc1cc(OCCC(=O)O)nc(CC)n1. The van der Waals surface area contributed by atoms with Gasteiger partial charge in [-0.25, -0.2) is 4.98 Å². The molecular weight excluding hydrogens is 220 g/mol. The molecule has 0 amide bonds. The van der Waals surface area contributed by atoms with Gasteiger partial charge in [-0.1, -0.05) is 20.3 Å². The van der Waals surface area contributed by atoms with Gasteiger partial charge < -0.3 is 9.84 Å². The van der Waals surface area contributed by atoms with E-state index in [1.54, 1.807) is 6.07 Å². The lowest BCUT2D eigenvalue weighted by atomic mass is 10.2. The number of hydrogen-bond donors (Lipinski definition) is 1. The minimum atomic E-state index is -0.872. The van der Waals surface area contributed by atoms with Gasteiger partial charge in [-0.15, -0.1) is 0 Å². The van der Waals surface area contributed by atoms with Crippen LogP contribution in [0.4, 0.5) is 0 Å². The van der Waals surface area contributed by atoms with E-state index in [1.165, 1.54) is 0 Å². The third-order valence-electron chi connectivity index (χ3n) is 2.19. The number of rotatable bonds is 7. The van der Waals surface area contributed by atoms with Crippen LogP contribution in [0.3, 0.4) is 0 Å². The van der Waals surface area contributed by atoms with Crippen LogP contribution in [0.1, 0.15) is 38.2 Å². The quantitative estimate of drug-likeness (QED) is 0.784. The average molecular weight is 238 g/mol. The van der Waals surface area contributed by atoms with E-state index in [1.807, 2.05) is 6.92 Å². The van der Waals surface area contributed by atoms with E-state index in [0.717, 1.165) is 30.8 Å². The first-order valence-electron chi connectivity index (χ1n) is 5.87. The molecule has 0 radical (unpaired) electrons. The summed E-state index contributed by atoms with van der Waals surface area (Å²) in [6, 6.07) is 1.78. The summed E-state index contributed by atoms with van der Waals surface area (Å²) in [5, 5.41) is 8.52. The largest absolute Gasteiger partial charge is 0.481 e. The molecule has 0 fully saturated rings. The summed E-state index contributed by atoms with van der Waals surface area (Å²) in [4.78, 5) is 19.0. The molecule has 1 N–H and O–H groups in total. The smallest absolute Gasteiger partial charge is 0.306 e. The molecule has 0 aliphatic carbocycles. The number of carbonyl (C=O) groups is 1. The lowest BCUT2D eigenvalue weighted by Crippen LogP contribution is -2.08. The van der Waals surface area contributed by atoms with Crippen molar-refractivity contribution in [2.45, 2.75) is 39.5 Å². The minimum Gasteiger partial charge on any atom is -0.481 e. The van der Waals surface area contributed by atoms with Crippen molar-refractivity contribution in [2.75, 3.05) is 6.61 Å². The van der Waals surface area contributed by atoms with Crippen LogP contribution >= 0.6 is 0 Å². The monoisotopic (exact) mass is 238 g/mol. The fourth-order valence-corrected chi connectivity index (χ4v) is 1.38. The van der Waals surface area contributed by atoms with Gasteiger partial charge in [-0.2, -0.15) is 4.98 Å². The van der Waals surface area contributed by atoms with Crippen LogP contribution in [0.2, 0.25) is 0 Å². The number of nitrogens with zero attached hydrogens (tertiary/aromatic N) is 2. The molecule has 0 saturated carbocycles. The Hall–Kier alpha value is -1.65. The third kappa shape index (κ3) is 4.80. The molecule has 94 valence electrons. The second kappa shape index (κ2) is 6.83. The first-order valence-corrected chi connectivity index (χ1v) is 5.87. The summed E-state index contributed by atoms with van der Waals surface area (Å²) in [7, 11) is 0. The van der Waals surface area contributed by atoms with E-state index >= 15 is 0 Å². The highest BCUT2D eigenvalue weighted by molar-refractivity contribution is 5.66. The number of hydrogen-bond acceptors (Lipinski definition) is 4. The van der Waals surface area contributed by atoms with Crippen LogP contribution in [0, 0.1) is 0 Å². The Morgan fingerprint density at radius 2 is 2.18 bits per heavy atom. The van der Waals surface area contributed by atoms with E-state index in [9.17, 15) is 4.79 Å². The Morgan fingerprint density at radius 3 is 2.76 bits per heavy atom. The van der Waals surface area contributed by atoms with Crippen LogP contribution < -0.4 is 4.74 Å². The lowest BCUT2D eigenvalue weighted by molar-refractivity contribution is -0.137. The Kier molecular flexibility index (Phi) is 5.39. The van der Waals surface area contributed by atoms with Crippen LogP contribution in [-0.4, -0.2) is 27.7 Å². The van der Waals surface area contributed by atoms with Crippen molar-refractivity contribution in [3.63, 3.8) is 0 Å². The second-order valence-electron chi connectivity index (χ2n) is 3.71. The van der Waals surface area contributed by atoms with E-state index in [-0.39, 0.29) is 13.0 Å². The molecule has 0 spiro atoms. The van der Waals surface area contributed by atoms with Crippen LogP contribution in [0.25, 0.3) is 0 Å². The van der Waals surface area contributed by atoms with E-state index < -0.39 is 5.97 Å². The first kappa shape index (κ1) is 13.4. The molecule has 0 unspecified atom stereocenters.